The summed E-state index contributed by atoms with van der Waals surface area (Å²) in [5, 5.41) is 3.78. The van der Waals surface area contributed by atoms with Gasteiger partial charge in [-0.1, -0.05) is 79.7 Å². The van der Waals surface area contributed by atoms with Gasteiger partial charge in [-0.25, -0.2) is 4.99 Å². The van der Waals surface area contributed by atoms with Gasteiger partial charge in [0.25, 0.3) is 0 Å². The van der Waals surface area contributed by atoms with Crippen molar-refractivity contribution < 1.29 is 0 Å². The maximum atomic E-state index is 5.23. The van der Waals surface area contributed by atoms with Crippen LogP contribution in [-0.4, -0.2) is 36.6 Å². The van der Waals surface area contributed by atoms with Crippen LogP contribution in [0.2, 0.25) is 0 Å². The second-order valence-corrected chi connectivity index (χ2v) is 9.50. The Kier molecular flexibility index (Phi) is 6.52. The van der Waals surface area contributed by atoms with Crippen molar-refractivity contribution in [2.75, 3.05) is 11.9 Å². The molecular formula is C28H34BN3. The lowest BCUT2D eigenvalue weighted by Crippen LogP contribution is -2.44. The van der Waals surface area contributed by atoms with E-state index >= 15 is 0 Å². The van der Waals surface area contributed by atoms with Crippen LogP contribution in [0, 0.1) is 0 Å². The average molecular weight is 423 g/mol. The second kappa shape index (κ2) is 9.34. The van der Waals surface area contributed by atoms with E-state index in [4.69, 9.17) is 4.99 Å². The minimum absolute atomic E-state index is 0.134. The number of benzene rings is 3. The zero-order valence-electron chi connectivity index (χ0n) is 20.0. The molecule has 0 unspecified atom stereocenters. The smallest absolute Gasteiger partial charge is 0.186 e. The Bertz CT molecular complexity index is 1030. The molecule has 164 valence electrons. The summed E-state index contributed by atoms with van der Waals surface area (Å²) in [4.78, 5) is 7.68. The molecule has 4 heteroatoms. The molecule has 1 heterocycles. The Balaban J connectivity index is 1.76. The van der Waals surface area contributed by atoms with E-state index in [-0.39, 0.29) is 5.54 Å². The molecule has 0 bridgehead atoms. The van der Waals surface area contributed by atoms with Crippen molar-refractivity contribution in [1.82, 2.24) is 4.81 Å². The minimum Gasteiger partial charge on any atom is -0.380 e. The number of rotatable bonds is 7. The lowest BCUT2D eigenvalue weighted by Gasteiger charge is -2.38. The topological polar surface area (TPSA) is 27.6 Å². The largest absolute Gasteiger partial charge is 0.380 e. The van der Waals surface area contributed by atoms with Crippen molar-refractivity contribution in [1.29, 1.82) is 0 Å². The summed E-state index contributed by atoms with van der Waals surface area (Å²) >= 11 is 0. The highest BCUT2D eigenvalue weighted by molar-refractivity contribution is 6.14. The minimum atomic E-state index is 0.134. The number of nitrogens with one attached hydrogen (secondary N) is 1. The number of anilines is 1. The average Bonchev–Trinajstić information content (AvgIpc) is 3.13. The predicted octanol–water partition coefficient (Wildman–Crippen LogP) is 5.79. The highest BCUT2D eigenvalue weighted by Gasteiger charge is 2.36. The summed E-state index contributed by atoms with van der Waals surface area (Å²) in [6.07, 6.45) is 1.11. The fourth-order valence-corrected chi connectivity index (χ4v) is 4.73. The fourth-order valence-electron chi connectivity index (χ4n) is 4.73. The summed E-state index contributed by atoms with van der Waals surface area (Å²) in [5.41, 5.74) is 6.98. The lowest BCUT2D eigenvalue weighted by atomic mass is 9.81. The molecule has 0 saturated heterocycles. The number of hydrogen-bond donors (Lipinski definition) is 1. The first-order valence-corrected chi connectivity index (χ1v) is 11.7. The number of para-hydroxylation sites is 1. The lowest BCUT2D eigenvalue weighted by molar-refractivity contribution is 0.212. The van der Waals surface area contributed by atoms with Crippen LogP contribution in [0.3, 0.4) is 0 Å². The first-order chi connectivity index (χ1) is 15.4. The molecule has 32 heavy (non-hydrogen) atoms. The summed E-state index contributed by atoms with van der Waals surface area (Å²) in [6.45, 7) is 10.3. The van der Waals surface area contributed by atoms with Gasteiger partial charge in [0, 0.05) is 28.6 Å². The molecule has 0 aromatic heterocycles. The molecule has 2 atom stereocenters. The van der Waals surface area contributed by atoms with E-state index in [1.165, 1.54) is 11.3 Å². The maximum Gasteiger partial charge on any atom is 0.186 e. The number of fused-ring (bicyclic) bond motifs is 1. The summed E-state index contributed by atoms with van der Waals surface area (Å²) < 4.78 is 0. The van der Waals surface area contributed by atoms with Crippen molar-refractivity contribution in [2.45, 2.75) is 51.6 Å². The van der Waals surface area contributed by atoms with E-state index in [1.54, 1.807) is 0 Å². The molecule has 1 aliphatic heterocycles. The molecule has 0 amide bonds. The number of nitrogens with zero attached hydrogens (tertiary/aromatic N) is 2. The molecule has 3 nitrogen and oxygen atoms in total. The van der Waals surface area contributed by atoms with Gasteiger partial charge in [-0.3, -0.25) is 0 Å². The van der Waals surface area contributed by atoms with Gasteiger partial charge in [-0.05, 0) is 45.4 Å². The van der Waals surface area contributed by atoms with Crippen LogP contribution < -0.4 is 5.32 Å². The van der Waals surface area contributed by atoms with E-state index in [9.17, 15) is 0 Å². The molecule has 4 rings (SSSR count). The quantitative estimate of drug-likeness (QED) is 0.385. The molecule has 0 aliphatic carbocycles. The summed E-state index contributed by atoms with van der Waals surface area (Å²) in [7, 11) is 2.22. The van der Waals surface area contributed by atoms with Gasteiger partial charge in [-0.15, -0.1) is 0 Å². The molecule has 0 spiro atoms. The third kappa shape index (κ3) is 4.51. The summed E-state index contributed by atoms with van der Waals surface area (Å²) in [6, 6.07) is 27.9. The van der Waals surface area contributed by atoms with Crippen molar-refractivity contribution in [2.24, 2.45) is 4.99 Å². The predicted molar refractivity (Wildman–Crippen MR) is 140 cm³/mol. The molecular weight excluding hydrogens is 389 g/mol. The van der Waals surface area contributed by atoms with Gasteiger partial charge in [-0.2, -0.15) is 0 Å². The fraction of sp³-hybridized carbons (Fsp3) is 0.321. The summed E-state index contributed by atoms with van der Waals surface area (Å²) in [5.74, 6) is 0.459. The molecule has 3 aromatic carbocycles. The van der Waals surface area contributed by atoms with E-state index in [0.29, 0.717) is 12.0 Å². The molecule has 1 N–H and O–H groups in total. The van der Waals surface area contributed by atoms with Gasteiger partial charge in [0.05, 0.1) is 17.1 Å². The molecule has 0 saturated carbocycles. The highest BCUT2D eigenvalue weighted by atomic mass is 15.1. The standard InChI is InChI=1S/C28H34BN3/c1-5-32(29)28(3,4)19-24-20(2)30-27-23(24)17-12-18-25(27)31-26(21-13-8-6-9-14-21)22-15-10-7-11-16-22/h6-18,20,24,30H,5,19,29H2,1-4H3/t20-,24+/m0/s1. The van der Waals surface area contributed by atoms with Gasteiger partial charge in [0.15, 0.2) is 7.98 Å². The van der Waals surface area contributed by atoms with Gasteiger partial charge >= 0.3 is 0 Å². The first kappa shape index (κ1) is 22.4. The third-order valence-corrected chi connectivity index (χ3v) is 7.00. The molecule has 0 radical (unpaired) electrons. The van der Waals surface area contributed by atoms with Crippen molar-refractivity contribution in [3.05, 3.63) is 95.6 Å². The zero-order chi connectivity index (χ0) is 22.7. The SMILES string of the molecule is BN(CC)C(C)(C)C[C@H]1c2cccc(N=C(c3ccccc3)c3ccccc3)c2N[C@H]1C. The maximum absolute atomic E-state index is 5.23. The van der Waals surface area contributed by atoms with Gasteiger partial charge < -0.3 is 10.1 Å². The highest BCUT2D eigenvalue weighted by Crippen LogP contribution is 2.46. The van der Waals surface area contributed by atoms with E-state index in [0.717, 1.165) is 35.5 Å². The van der Waals surface area contributed by atoms with E-state index < -0.39 is 0 Å². The number of hydrogen-bond acceptors (Lipinski definition) is 3. The molecule has 1 aliphatic rings. The van der Waals surface area contributed by atoms with Gasteiger partial charge in [0.2, 0.25) is 0 Å². The van der Waals surface area contributed by atoms with E-state index in [1.807, 2.05) is 0 Å². The van der Waals surface area contributed by atoms with Crippen LogP contribution in [0.25, 0.3) is 0 Å². The Morgan fingerprint density at radius 3 is 2.09 bits per heavy atom. The third-order valence-electron chi connectivity index (χ3n) is 7.00. The van der Waals surface area contributed by atoms with Crippen molar-refractivity contribution in [3.63, 3.8) is 0 Å². The van der Waals surface area contributed by atoms with Crippen LogP contribution in [0.15, 0.2) is 83.9 Å². The van der Waals surface area contributed by atoms with Crippen molar-refractivity contribution in [3.8, 4) is 0 Å². The Morgan fingerprint density at radius 2 is 1.53 bits per heavy atom. The number of aliphatic imine (C=N–C) groups is 1. The Labute approximate surface area is 194 Å². The molecule has 3 aromatic rings. The van der Waals surface area contributed by atoms with Crippen LogP contribution in [0.5, 0.6) is 0 Å². The van der Waals surface area contributed by atoms with Crippen LogP contribution in [-0.2, 0) is 0 Å². The van der Waals surface area contributed by atoms with Crippen LogP contribution in [0.1, 0.15) is 56.7 Å². The van der Waals surface area contributed by atoms with Crippen molar-refractivity contribution >= 4 is 25.1 Å². The monoisotopic (exact) mass is 423 g/mol. The molecule has 0 fully saturated rings. The van der Waals surface area contributed by atoms with Crippen LogP contribution in [0.4, 0.5) is 11.4 Å². The Morgan fingerprint density at radius 1 is 0.938 bits per heavy atom. The first-order valence-electron chi connectivity index (χ1n) is 11.7. The zero-order valence-corrected chi connectivity index (χ0v) is 20.0. The van der Waals surface area contributed by atoms with Gasteiger partial charge in [0.1, 0.15) is 0 Å². The normalized spacial score (nSPS) is 17.7. The Hall–Kier alpha value is -2.85. The van der Waals surface area contributed by atoms with Crippen LogP contribution >= 0.6 is 0 Å². The second-order valence-electron chi connectivity index (χ2n) is 9.50. The van der Waals surface area contributed by atoms with E-state index in [2.05, 4.69) is 125 Å².